The van der Waals surface area contributed by atoms with E-state index in [0.717, 1.165) is 93.6 Å². The highest BCUT2D eigenvalue weighted by Gasteiger charge is 2.29. The van der Waals surface area contributed by atoms with Crippen molar-refractivity contribution in [2.45, 2.75) is 22.2 Å². The zero-order valence-corrected chi connectivity index (χ0v) is 82.0. The molecule has 0 spiro atoms. The molecular weight excluding hydrogens is 1790 g/mol. The van der Waals surface area contributed by atoms with Crippen molar-refractivity contribution < 1.29 is 17.4 Å². The Morgan fingerprint density at radius 3 is 0.845 bits per heavy atom. The monoisotopic (exact) mass is 1890 g/mol. The van der Waals surface area contributed by atoms with Crippen LogP contribution < -0.4 is 0 Å². The number of hydrogen-bond acceptors (Lipinski definition) is 3. The Bertz CT molecular complexity index is 10300. The average Bonchev–Trinajstić information content (AvgIpc) is 1.69. The number of benzene rings is 27. The minimum atomic E-state index is 0.900. The summed E-state index contributed by atoms with van der Waals surface area (Å²) < 4.78 is 37.2. The zero-order chi connectivity index (χ0) is 102. The first-order chi connectivity index (χ1) is 75.0. The molecule has 0 fully saturated rings. The minimum Gasteiger partial charge on any atom is -0.456 e. The van der Waals surface area contributed by atoms with Gasteiger partial charge >= 0.3 is 0 Å². The molecule has 3 aromatic heterocycles. The largest absolute Gasteiger partial charge is 0.456 e. The van der Waals surface area contributed by atoms with Gasteiger partial charge in [-0.2, -0.15) is 0 Å². The van der Waals surface area contributed by atoms with Crippen LogP contribution in [0, 0.1) is 0 Å². The van der Waals surface area contributed by atoms with Crippen LogP contribution in [0.1, 0.15) is 26.3 Å². The average molecular weight is 1890 g/mol. The fraction of sp³-hybridized carbons (Fsp3) is 0.0207. The van der Waals surface area contributed by atoms with E-state index in [1.807, 2.05) is 6.07 Å². The van der Waals surface area contributed by atoms with Crippen LogP contribution in [-0.4, -0.2) is 0 Å². The maximum absolute atomic E-state index is 6.71. The summed E-state index contributed by atoms with van der Waals surface area (Å²) in [5.74, 6) is 0. The van der Waals surface area contributed by atoms with Crippen molar-refractivity contribution in [2.24, 2.45) is 0 Å². The lowest BCUT2D eigenvalue weighted by molar-refractivity contribution is 0.669. The van der Waals surface area contributed by atoms with Gasteiger partial charge in [-0.1, -0.05) is 501 Å². The Kier molecular flexibility index (Phi) is 22.1. The summed E-state index contributed by atoms with van der Waals surface area (Å²) in [7, 11) is 3.75. The van der Waals surface area contributed by atoms with Crippen LogP contribution in [0.5, 0.6) is 0 Å². The summed E-state index contributed by atoms with van der Waals surface area (Å²) in [6, 6.07) is 193. The Balaban J connectivity index is 0.000000114. The molecule has 30 rings (SSSR count). The number of fused-ring (bicyclic) bond motifs is 20. The molecule has 0 atom stereocenters. The van der Waals surface area contributed by atoms with Crippen molar-refractivity contribution >= 4 is 174 Å². The Morgan fingerprint density at radius 1 is 0.122 bits per heavy atom. The summed E-state index contributed by atoms with van der Waals surface area (Å²) in [4.78, 5) is 0. The van der Waals surface area contributed by atoms with Crippen LogP contribution in [0.4, 0.5) is 0 Å². The van der Waals surface area contributed by atoms with Crippen LogP contribution in [0.2, 0.25) is 0 Å². The van der Waals surface area contributed by atoms with Crippen LogP contribution >= 0.6 is 0 Å². The molecule has 0 N–H and O–H groups in total. The van der Waals surface area contributed by atoms with E-state index in [1.54, 1.807) is 0 Å². The predicted molar refractivity (Wildman–Crippen MR) is 636 cm³/mol. The van der Waals surface area contributed by atoms with Crippen molar-refractivity contribution in [3.05, 3.63) is 534 Å². The van der Waals surface area contributed by atoms with E-state index < -0.39 is 0 Å². The van der Waals surface area contributed by atoms with Gasteiger partial charge in [-0.05, 0) is 274 Å². The van der Waals surface area contributed by atoms with E-state index in [1.165, 1.54) is 225 Å². The first kappa shape index (κ1) is 86.8. The van der Waals surface area contributed by atoms with Crippen molar-refractivity contribution in [1.82, 2.24) is 0 Å². The highest BCUT2D eigenvalue weighted by Crippen LogP contribution is 2.56. The molecule has 0 radical (unpaired) electrons. The van der Waals surface area contributed by atoms with Gasteiger partial charge in [0.15, 0.2) is 0 Å². The normalized spacial score (nSPS) is 11.6. The molecule has 27 aromatic carbocycles. The fourth-order valence-corrected chi connectivity index (χ4v) is 23.6. The summed E-state index contributed by atoms with van der Waals surface area (Å²) in [6.45, 7) is 0. The molecule has 698 valence electrons. The third-order valence-electron chi connectivity index (χ3n) is 30.0. The lowest BCUT2D eigenvalue weighted by Crippen LogP contribution is -1.93. The molecule has 0 saturated carbocycles. The van der Waals surface area contributed by atoms with Crippen molar-refractivity contribution in [2.75, 3.05) is 0 Å². The van der Waals surface area contributed by atoms with Gasteiger partial charge in [-0.3, -0.25) is 0 Å². The topological polar surface area (TPSA) is 39.4 Å². The lowest BCUT2D eigenvalue weighted by atomic mass is 9.82. The molecule has 0 aliphatic heterocycles. The highest BCUT2D eigenvalue weighted by atomic mass is 16.3. The standard InChI is InChI=1S/2C48H30O.C46H28O.3CH4/c1-3-15-31(16-4-1)33-27-29-41(36-20-8-7-19-35(33)36)45-37-21-9-11-23-39(37)46(40-24-12-10-22-38(40)45)43-30-28-34(32-17-5-2-6-18-32)48-47(43)42-25-13-14-26-44(42)49-48;1-2-12-31(13-3-1)37-29-43(48-42-20-10-11-21-44(42)49-45(48)30-37)47-40-18-8-6-16-38(40)46(39-17-7-9-19-41(39)47)34-25-22-33(23-26-34)36-27-24-32-14-4-5-15-35(32)28-36;1-2-14-29(15-3-1)32-26-27-40(45-39-24-12-13-25-42(39)47-46(32)45)43-35-20-8-10-22-37(35)44(38-23-11-9-21-36(38)43)41-28-30-16-4-5-17-31(30)33-18-6-7-19-34(33)41;;;/h2*1-30H;1-28H;3*1H4/i;;;3*1D. The van der Waals surface area contributed by atoms with Gasteiger partial charge in [0.05, 0.1) is 0 Å². The van der Waals surface area contributed by atoms with E-state index in [4.69, 9.17) is 17.4 Å². The minimum absolute atomic E-state index is 0.900. The van der Waals surface area contributed by atoms with Crippen molar-refractivity contribution in [1.29, 1.82) is 0 Å². The highest BCUT2D eigenvalue weighted by molar-refractivity contribution is 6.33. The molecule has 0 unspecified atom stereocenters. The number of rotatable bonds is 11. The van der Waals surface area contributed by atoms with Gasteiger partial charge in [0.25, 0.3) is 0 Å². The molecule has 3 heterocycles. The fourth-order valence-electron chi connectivity index (χ4n) is 23.6. The summed E-state index contributed by atoms with van der Waals surface area (Å²) >= 11 is 0. The third kappa shape index (κ3) is 15.0. The van der Waals surface area contributed by atoms with Gasteiger partial charge in [0, 0.05) is 47.6 Å². The molecule has 0 saturated heterocycles. The van der Waals surface area contributed by atoms with E-state index in [0.29, 0.717) is 0 Å². The molecule has 0 amide bonds. The molecule has 30 aromatic rings. The van der Waals surface area contributed by atoms with Crippen molar-refractivity contribution in [3.8, 4) is 122 Å². The molecular formula is C145H100O3. The quantitative estimate of drug-likeness (QED) is 0.0957. The van der Waals surface area contributed by atoms with Gasteiger partial charge < -0.3 is 13.3 Å². The van der Waals surface area contributed by atoms with Crippen LogP contribution in [0.15, 0.2) is 547 Å². The summed E-state index contributed by atoms with van der Waals surface area (Å²) in [6.07, 6.45) is 0. The SMILES string of the molecule is [2H]C.[2H]C.[2H]C.c1ccc(-c2cc(-c3c4ccccc4c(-c4ccc(-c5ccc6ccccc6c5)cc4)c4ccccc34)c3c(c2)oc2ccccc23)cc1.c1ccc(-c2ccc(-c3c4ccccc4c(-c4cc5ccccc5c5ccccc45)c4ccccc34)c3c2oc2ccccc23)cc1.c1ccc(-c2ccc(-c3c4ccccc4c(-c4ccc(-c5ccccc5)c5oc6ccccc6c45)c4ccccc34)c3ccccc23)cc1. The number of furan rings is 3. The summed E-state index contributed by atoms with van der Waals surface area (Å²) in [5, 5.41) is 31.8. The first-order valence-electron chi connectivity index (χ1n) is 52.9. The summed E-state index contributed by atoms with van der Waals surface area (Å²) in [5.41, 5.74) is 32.0. The molecule has 0 bridgehead atoms. The van der Waals surface area contributed by atoms with E-state index in [-0.39, 0.29) is 0 Å². The second kappa shape index (κ2) is 37.7. The lowest BCUT2D eigenvalue weighted by Gasteiger charge is -2.20. The number of hydrogen-bond donors (Lipinski definition) is 0. The molecule has 3 nitrogen and oxygen atoms in total. The Morgan fingerprint density at radius 2 is 0.399 bits per heavy atom. The van der Waals surface area contributed by atoms with Gasteiger partial charge in [0.2, 0.25) is 0 Å². The second-order valence-electron chi connectivity index (χ2n) is 37.9. The van der Waals surface area contributed by atoms with Crippen molar-refractivity contribution in [3.63, 3.8) is 0 Å². The number of para-hydroxylation sites is 3. The van der Waals surface area contributed by atoms with Crippen LogP contribution in [0.25, 0.3) is 296 Å². The molecule has 0 aliphatic carbocycles. The van der Waals surface area contributed by atoms with Gasteiger partial charge in [-0.25, -0.2) is 0 Å². The van der Waals surface area contributed by atoms with Gasteiger partial charge in [0.1, 0.15) is 33.5 Å². The van der Waals surface area contributed by atoms with E-state index in [2.05, 4.69) is 528 Å². The maximum atomic E-state index is 6.71. The Hall–Kier alpha value is -19.1. The third-order valence-corrected chi connectivity index (χ3v) is 30.0. The van der Waals surface area contributed by atoms with Crippen LogP contribution in [-0.2, 0) is 0 Å². The maximum Gasteiger partial charge on any atom is 0.143 e. The zero-order valence-electron chi connectivity index (χ0n) is 85.0. The van der Waals surface area contributed by atoms with Gasteiger partial charge in [-0.15, -0.1) is 0 Å². The predicted octanol–water partition coefficient (Wildman–Crippen LogP) is 42.5. The second-order valence-corrected chi connectivity index (χ2v) is 37.9. The molecule has 3 heteroatoms. The Labute approximate surface area is 863 Å². The smallest absolute Gasteiger partial charge is 0.143 e. The van der Waals surface area contributed by atoms with Crippen LogP contribution in [0.3, 0.4) is 0 Å². The van der Waals surface area contributed by atoms with E-state index >= 15 is 0 Å². The van der Waals surface area contributed by atoms with E-state index in [9.17, 15) is 0 Å². The first-order valence-corrected chi connectivity index (χ1v) is 49.9. The molecule has 0 aliphatic rings. The molecule has 148 heavy (non-hydrogen) atoms.